The molecule has 0 unspecified atom stereocenters. The molecule has 0 saturated carbocycles. The Hall–Kier alpha value is -3.71. The van der Waals surface area contributed by atoms with Gasteiger partial charge in [-0.3, -0.25) is 0 Å². The SMILES string of the molecule is CCOc1cc(CN[C@@H](C)c2ccccc2)ccc1Oc1nnnn1-c1ccccc1. The van der Waals surface area contributed by atoms with Crippen LogP contribution in [0.25, 0.3) is 5.69 Å². The number of ether oxygens (including phenoxy) is 2. The molecule has 1 heterocycles. The number of benzene rings is 3. The van der Waals surface area contributed by atoms with Crippen LogP contribution in [0.1, 0.15) is 31.0 Å². The average Bonchev–Trinajstić information content (AvgIpc) is 3.28. The van der Waals surface area contributed by atoms with Gasteiger partial charge in [-0.1, -0.05) is 59.7 Å². The van der Waals surface area contributed by atoms with Crippen molar-refractivity contribution in [2.75, 3.05) is 6.61 Å². The summed E-state index contributed by atoms with van der Waals surface area (Å²) in [5.41, 5.74) is 3.16. The Morgan fingerprint density at radius 3 is 2.42 bits per heavy atom. The van der Waals surface area contributed by atoms with Crippen molar-refractivity contribution in [1.29, 1.82) is 0 Å². The van der Waals surface area contributed by atoms with Gasteiger partial charge < -0.3 is 14.8 Å². The predicted octanol–water partition coefficient (Wildman–Crippen LogP) is 4.70. The number of rotatable bonds is 9. The maximum atomic E-state index is 6.02. The first-order chi connectivity index (χ1) is 15.2. The molecule has 0 amide bonds. The van der Waals surface area contributed by atoms with Crippen LogP contribution in [-0.2, 0) is 6.54 Å². The highest BCUT2D eigenvalue weighted by Gasteiger charge is 2.15. The zero-order valence-corrected chi connectivity index (χ0v) is 17.6. The zero-order valence-electron chi connectivity index (χ0n) is 17.6. The summed E-state index contributed by atoms with van der Waals surface area (Å²) < 4.78 is 13.4. The highest BCUT2D eigenvalue weighted by Crippen LogP contribution is 2.32. The molecule has 31 heavy (non-hydrogen) atoms. The number of hydrogen-bond donors (Lipinski definition) is 1. The van der Waals surface area contributed by atoms with E-state index in [-0.39, 0.29) is 12.1 Å². The topological polar surface area (TPSA) is 74.1 Å². The fourth-order valence-corrected chi connectivity index (χ4v) is 3.22. The first kappa shape index (κ1) is 20.6. The van der Waals surface area contributed by atoms with E-state index in [9.17, 15) is 0 Å². The lowest BCUT2D eigenvalue weighted by Crippen LogP contribution is -2.18. The smallest absolute Gasteiger partial charge is 0.346 e. The van der Waals surface area contributed by atoms with Gasteiger partial charge in [0.2, 0.25) is 0 Å². The van der Waals surface area contributed by atoms with E-state index in [1.807, 2.05) is 61.5 Å². The second-order valence-corrected chi connectivity index (χ2v) is 7.04. The summed E-state index contributed by atoms with van der Waals surface area (Å²) >= 11 is 0. The first-order valence-electron chi connectivity index (χ1n) is 10.3. The summed E-state index contributed by atoms with van der Waals surface area (Å²) in [7, 11) is 0. The normalized spacial score (nSPS) is 11.8. The summed E-state index contributed by atoms with van der Waals surface area (Å²) in [5, 5.41) is 15.3. The third-order valence-electron chi connectivity index (χ3n) is 4.86. The highest BCUT2D eigenvalue weighted by molar-refractivity contribution is 5.45. The standard InChI is InChI=1S/C24H25N5O2/c1-3-30-23-16-19(17-25-18(2)20-10-6-4-7-11-20)14-15-22(23)31-24-26-27-28-29(24)21-12-8-5-9-13-21/h4-16,18,25H,3,17H2,1-2H3/t18-/m0/s1. The number of hydrogen-bond acceptors (Lipinski definition) is 6. The third kappa shape index (κ3) is 5.07. The van der Waals surface area contributed by atoms with E-state index in [0.29, 0.717) is 24.7 Å². The van der Waals surface area contributed by atoms with Gasteiger partial charge >= 0.3 is 6.01 Å². The predicted molar refractivity (Wildman–Crippen MR) is 119 cm³/mol. The molecule has 0 bridgehead atoms. The molecule has 4 rings (SSSR count). The molecule has 0 fully saturated rings. The number of aromatic nitrogens is 4. The van der Waals surface area contributed by atoms with E-state index in [1.54, 1.807) is 4.68 Å². The maximum Gasteiger partial charge on any atom is 0.346 e. The lowest BCUT2D eigenvalue weighted by molar-refractivity contribution is 0.315. The zero-order chi connectivity index (χ0) is 21.5. The van der Waals surface area contributed by atoms with Crippen LogP contribution in [0.3, 0.4) is 0 Å². The number of tetrazole rings is 1. The molecule has 7 nitrogen and oxygen atoms in total. The van der Waals surface area contributed by atoms with Crippen molar-refractivity contribution < 1.29 is 9.47 Å². The van der Waals surface area contributed by atoms with Crippen LogP contribution in [-0.4, -0.2) is 26.8 Å². The van der Waals surface area contributed by atoms with Gasteiger partial charge in [0.25, 0.3) is 0 Å². The fourth-order valence-electron chi connectivity index (χ4n) is 3.22. The van der Waals surface area contributed by atoms with Crippen LogP contribution in [0.2, 0.25) is 0 Å². The molecule has 1 atom stereocenters. The summed E-state index contributed by atoms with van der Waals surface area (Å²) in [4.78, 5) is 0. The Bertz CT molecular complexity index is 1100. The highest BCUT2D eigenvalue weighted by atomic mass is 16.5. The van der Waals surface area contributed by atoms with Crippen molar-refractivity contribution in [3.63, 3.8) is 0 Å². The van der Waals surface area contributed by atoms with Gasteiger partial charge in [-0.15, -0.1) is 0 Å². The van der Waals surface area contributed by atoms with E-state index in [1.165, 1.54) is 5.56 Å². The molecule has 0 aliphatic heterocycles. The Balaban J connectivity index is 1.50. The van der Waals surface area contributed by atoms with Crippen LogP contribution in [0.4, 0.5) is 0 Å². The minimum atomic E-state index is 0.239. The van der Waals surface area contributed by atoms with Crippen molar-refractivity contribution >= 4 is 0 Å². The monoisotopic (exact) mass is 415 g/mol. The molecule has 0 radical (unpaired) electrons. The van der Waals surface area contributed by atoms with Crippen molar-refractivity contribution in [1.82, 2.24) is 25.5 Å². The summed E-state index contributed by atoms with van der Waals surface area (Å²) in [6, 6.07) is 26.4. The molecular formula is C24H25N5O2. The average molecular weight is 415 g/mol. The number of nitrogens with zero attached hydrogens (tertiary/aromatic N) is 4. The summed E-state index contributed by atoms with van der Waals surface area (Å²) in [6.07, 6.45) is 0. The first-order valence-corrected chi connectivity index (χ1v) is 10.3. The van der Waals surface area contributed by atoms with Gasteiger partial charge in [-0.2, -0.15) is 4.68 Å². The van der Waals surface area contributed by atoms with E-state index in [2.05, 4.69) is 52.0 Å². The Kier molecular flexibility index (Phi) is 6.54. The molecule has 3 aromatic carbocycles. The molecule has 1 aromatic heterocycles. The number of para-hydroxylation sites is 1. The van der Waals surface area contributed by atoms with Crippen LogP contribution < -0.4 is 14.8 Å². The molecular weight excluding hydrogens is 390 g/mol. The number of nitrogens with one attached hydrogen (secondary N) is 1. The molecule has 0 aliphatic carbocycles. The largest absolute Gasteiger partial charge is 0.490 e. The lowest BCUT2D eigenvalue weighted by atomic mass is 10.1. The molecule has 0 spiro atoms. The van der Waals surface area contributed by atoms with Crippen molar-refractivity contribution in [3.05, 3.63) is 90.0 Å². The van der Waals surface area contributed by atoms with E-state index < -0.39 is 0 Å². The molecule has 1 N–H and O–H groups in total. The van der Waals surface area contributed by atoms with Gasteiger partial charge in [-0.25, -0.2) is 0 Å². The van der Waals surface area contributed by atoms with Crippen LogP contribution in [0.15, 0.2) is 78.9 Å². The third-order valence-corrected chi connectivity index (χ3v) is 4.86. The van der Waals surface area contributed by atoms with E-state index in [4.69, 9.17) is 9.47 Å². The van der Waals surface area contributed by atoms with Crippen molar-refractivity contribution in [2.24, 2.45) is 0 Å². The maximum absolute atomic E-state index is 6.02. The minimum absolute atomic E-state index is 0.239. The van der Waals surface area contributed by atoms with Crippen LogP contribution >= 0.6 is 0 Å². The van der Waals surface area contributed by atoms with Gasteiger partial charge in [-0.05, 0) is 59.7 Å². The van der Waals surface area contributed by atoms with Gasteiger partial charge in [0, 0.05) is 12.6 Å². The van der Waals surface area contributed by atoms with Gasteiger partial charge in [0.15, 0.2) is 11.5 Å². The minimum Gasteiger partial charge on any atom is -0.490 e. The molecule has 158 valence electrons. The quantitative estimate of drug-likeness (QED) is 0.427. The van der Waals surface area contributed by atoms with Gasteiger partial charge in [0.05, 0.1) is 12.3 Å². The Morgan fingerprint density at radius 1 is 0.935 bits per heavy atom. The second kappa shape index (κ2) is 9.86. The fraction of sp³-hybridized carbons (Fsp3) is 0.208. The Morgan fingerprint density at radius 2 is 1.68 bits per heavy atom. The van der Waals surface area contributed by atoms with Crippen molar-refractivity contribution in [3.8, 4) is 23.2 Å². The molecule has 4 aromatic rings. The van der Waals surface area contributed by atoms with Gasteiger partial charge in [0.1, 0.15) is 0 Å². The Labute approximate surface area is 181 Å². The molecule has 0 aliphatic rings. The van der Waals surface area contributed by atoms with Crippen LogP contribution in [0, 0.1) is 0 Å². The molecule has 7 heteroatoms. The summed E-state index contributed by atoms with van der Waals surface area (Å²) in [5.74, 6) is 1.21. The van der Waals surface area contributed by atoms with E-state index in [0.717, 1.165) is 11.3 Å². The van der Waals surface area contributed by atoms with Crippen molar-refractivity contribution in [2.45, 2.75) is 26.4 Å². The second-order valence-electron chi connectivity index (χ2n) is 7.04. The van der Waals surface area contributed by atoms with Crippen LogP contribution in [0.5, 0.6) is 17.5 Å². The van der Waals surface area contributed by atoms with E-state index >= 15 is 0 Å². The molecule has 0 saturated heterocycles. The summed E-state index contributed by atoms with van der Waals surface area (Å²) in [6.45, 7) is 5.33. The lowest BCUT2D eigenvalue weighted by Gasteiger charge is -2.16.